The van der Waals surface area contributed by atoms with Gasteiger partial charge in [-0.2, -0.15) is 0 Å². The molecule has 0 fully saturated rings. The predicted molar refractivity (Wildman–Crippen MR) is 99.7 cm³/mol. The molecule has 4 aromatic rings. The Hall–Kier alpha value is -3.34. The predicted octanol–water partition coefficient (Wildman–Crippen LogP) is 4.67. The highest BCUT2D eigenvalue weighted by Gasteiger charge is 2.16. The summed E-state index contributed by atoms with van der Waals surface area (Å²) in [6.07, 6.45) is 7.86. The normalized spacial score (nSPS) is 10.8. The Morgan fingerprint density at radius 2 is 1.92 bits per heavy atom. The van der Waals surface area contributed by atoms with E-state index in [-0.39, 0.29) is 0 Å². The Balaban J connectivity index is 1.52. The number of imidazole rings is 1. The molecule has 0 aliphatic carbocycles. The summed E-state index contributed by atoms with van der Waals surface area (Å²) in [4.78, 5) is 8.69. The van der Waals surface area contributed by atoms with Gasteiger partial charge in [0.1, 0.15) is 11.4 Å². The van der Waals surface area contributed by atoms with Gasteiger partial charge in [-0.15, -0.1) is 0 Å². The first-order chi connectivity index (χ1) is 12.9. The Kier molecular flexibility index (Phi) is 4.78. The highest BCUT2D eigenvalue weighted by Crippen LogP contribution is 2.31. The third kappa shape index (κ3) is 3.52. The number of hydrogen-bond donors (Lipinski definition) is 0. The molecule has 0 amide bonds. The number of pyridine rings is 1. The van der Waals surface area contributed by atoms with Crippen LogP contribution in [0.15, 0.2) is 84.0 Å². The molecule has 4 rings (SSSR count). The third-order valence-corrected chi connectivity index (χ3v) is 4.09. The number of aryl methyl sites for hydroxylation is 1. The molecule has 5 heteroatoms. The molecule has 0 aliphatic heterocycles. The number of rotatable bonds is 7. The van der Waals surface area contributed by atoms with Crippen molar-refractivity contribution in [3.8, 4) is 28.5 Å². The highest BCUT2D eigenvalue weighted by molar-refractivity contribution is 5.76. The molecule has 5 nitrogen and oxygen atoms in total. The van der Waals surface area contributed by atoms with Crippen molar-refractivity contribution in [2.75, 3.05) is 6.61 Å². The lowest BCUT2D eigenvalue weighted by atomic mass is 10.1. The zero-order chi connectivity index (χ0) is 17.6. The quantitative estimate of drug-likeness (QED) is 0.457. The fourth-order valence-corrected chi connectivity index (χ4v) is 2.89. The molecular weight excluding hydrogens is 326 g/mol. The van der Waals surface area contributed by atoms with E-state index in [1.807, 2.05) is 48.8 Å². The maximum absolute atomic E-state index is 5.73. The van der Waals surface area contributed by atoms with Crippen LogP contribution in [0.25, 0.3) is 22.7 Å². The van der Waals surface area contributed by atoms with E-state index in [2.05, 4.69) is 26.7 Å². The second-order valence-corrected chi connectivity index (χ2v) is 5.87. The molecule has 26 heavy (non-hydrogen) atoms. The molecule has 0 atom stereocenters. The SMILES string of the molecule is c1ccc(-c2ncn(CCCOc3cccnc3)c2-c2ccco2)cc1. The van der Waals surface area contributed by atoms with E-state index in [1.54, 1.807) is 18.7 Å². The number of benzene rings is 1. The number of ether oxygens (including phenoxy) is 1. The summed E-state index contributed by atoms with van der Waals surface area (Å²) in [6.45, 7) is 1.40. The van der Waals surface area contributed by atoms with E-state index < -0.39 is 0 Å². The minimum Gasteiger partial charge on any atom is -0.492 e. The maximum Gasteiger partial charge on any atom is 0.152 e. The van der Waals surface area contributed by atoms with Gasteiger partial charge in [-0.1, -0.05) is 30.3 Å². The molecule has 3 heterocycles. The van der Waals surface area contributed by atoms with E-state index in [4.69, 9.17) is 9.15 Å². The van der Waals surface area contributed by atoms with E-state index in [9.17, 15) is 0 Å². The van der Waals surface area contributed by atoms with Crippen molar-refractivity contribution < 1.29 is 9.15 Å². The molecule has 130 valence electrons. The fraction of sp³-hybridized carbons (Fsp3) is 0.143. The zero-order valence-corrected chi connectivity index (χ0v) is 14.3. The molecule has 0 spiro atoms. The Labute approximate surface area is 151 Å². The van der Waals surface area contributed by atoms with Crippen molar-refractivity contribution >= 4 is 0 Å². The molecule has 1 aromatic carbocycles. The van der Waals surface area contributed by atoms with Crippen LogP contribution < -0.4 is 4.74 Å². The third-order valence-electron chi connectivity index (χ3n) is 4.09. The number of aromatic nitrogens is 3. The van der Waals surface area contributed by atoms with Gasteiger partial charge in [0.05, 0.1) is 31.1 Å². The van der Waals surface area contributed by atoms with E-state index >= 15 is 0 Å². The van der Waals surface area contributed by atoms with Gasteiger partial charge in [0.2, 0.25) is 0 Å². The van der Waals surface area contributed by atoms with Crippen molar-refractivity contribution in [2.45, 2.75) is 13.0 Å². The van der Waals surface area contributed by atoms with Crippen LogP contribution in [0.5, 0.6) is 5.75 Å². The van der Waals surface area contributed by atoms with Crippen molar-refractivity contribution in [1.29, 1.82) is 0 Å². The van der Waals surface area contributed by atoms with Gasteiger partial charge in [-0.25, -0.2) is 4.98 Å². The first kappa shape index (κ1) is 16.1. The molecule has 0 saturated heterocycles. The lowest BCUT2D eigenvalue weighted by Crippen LogP contribution is -2.05. The van der Waals surface area contributed by atoms with Crippen molar-refractivity contribution in [1.82, 2.24) is 14.5 Å². The van der Waals surface area contributed by atoms with Crippen LogP contribution in [0, 0.1) is 0 Å². The summed E-state index contributed by atoms with van der Waals surface area (Å²) < 4.78 is 13.5. The Morgan fingerprint density at radius 3 is 2.69 bits per heavy atom. The molecule has 0 N–H and O–H groups in total. The Bertz CT molecular complexity index is 932. The summed E-state index contributed by atoms with van der Waals surface area (Å²) in [5.41, 5.74) is 2.99. The van der Waals surface area contributed by atoms with Crippen LogP contribution in [-0.4, -0.2) is 21.1 Å². The van der Waals surface area contributed by atoms with Gasteiger partial charge in [-0.3, -0.25) is 4.98 Å². The van der Waals surface area contributed by atoms with Crippen LogP contribution in [0.2, 0.25) is 0 Å². The zero-order valence-electron chi connectivity index (χ0n) is 14.3. The summed E-state index contributed by atoms with van der Waals surface area (Å²) in [5, 5.41) is 0. The first-order valence-electron chi connectivity index (χ1n) is 8.59. The fourth-order valence-electron chi connectivity index (χ4n) is 2.89. The van der Waals surface area contributed by atoms with E-state index in [0.717, 1.165) is 41.4 Å². The van der Waals surface area contributed by atoms with Crippen molar-refractivity contribution in [3.05, 3.63) is 79.6 Å². The van der Waals surface area contributed by atoms with Crippen LogP contribution in [0.1, 0.15) is 6.42 Å². The largest absolute Gasteiger partial charge is 0.492 e. The lowest BCUT2D eigenvalue weighted by molar-refractivity contribution is 0.301. The first-order valence-corrected chi connectivity index (χ1v) is 8.59. The summed E-state index contributed by atoms with van der Waals surface area (Å²) in [5.74, 6) is 1.60. The molecule has 0 unspecified atom stereocenters. The van der Waals surface area contributed by atoms with Gasteiger partial charge in [0, 0.05) is 18.3 Å². The monoisotopic (exact) mass is 345 g/mol. The van der Waals surface area contributed by atoms with Crippen molar-refractivity contribution in [2.24, 2.45) is 0 Å². The number of furan rings is 1. The molecule has 0 bridgehead atoms. The van der Waals surface area contributed by atoms with E-state index in [1.165, 1.54) is 0 Å². The minimum atomic E-state index is 0.613. The smallest absolute Gasteiger partial charge is 0.152 e. The van der Waals surface area contributed by atoms with Gasteiger partial charge >= 0.3 is 0 Å². The molecule has 3 aromatic heterocycles. The standard InChI is InChI=1S/C21H19N3O2/c1-2-7-17(8-3-1)20-21(19-10-5-13-26-19)24(16-23-20)12-6-14-25-18-9-4-11-22-15-18/h1-5,7-11,13,15-16H,6,12,14H2. The van der Waals surface area contributed by atoms with Gasteiger partial charge in [0.25, 0.3) is 0 Å². The lowest BCUT2D eigenvalue weighted by Gasteiger charge is -2.09. The number of hydrogen-bond acceptors (Lipinski definition) is 4. The van der Waals surface area contributed by atoms with Gasteiger partial charge in [0.15, 0.2) is 5.76 Å². The molecule has 0 saturated carbocycles. The van der Waals surface area contributed by atoms with E-state index in [0.29, 0.717) is 6.61 Å². The summed E-state index contributed by atoms with van der Waals surface area (Å²) >= 11 is 0. The second-order valence-electron chi connectivity index (χ2n) is 5.87. The average Bonchev–Trinajstić information content (AvgIpc) is 3.36. The van der Waals surface area contributed by atoms with Crippen LogP contribution in [0.3, 0.4) is 0 Å². The topological polar surface area (TPSA) is 53.1 Å². The Morgan fingerprint density at radius 1 is 1.00 bits per heavy atom. The summed E-state index contributed by atoms with van der Waals surface area (Å²) in [6, 6.07) is 17.8. The maximum atomic E-state index is 5.73. The van der Waals surface area contributed by atoms with Gasteiger partial charge in [-0.05, 0) is 30.7 Å². The number of nitrogens with zero attached hydrogens (tertiary/aromatic N) is 3. The molecular formula is C21H19N3O2. The summed E-state index contributed by atoms with van der Waals surface area (Å²) in [7, 11) is 0. The van der Waals surface area contributed by atoms with Crippen LogP contribution in [0.4, 0.5) is 0 Å². The second kappa shape index (κ2) is 7.70. The van der Waals surface area contributed by atoms with Crippen LogP contribution >= 0.6 is 0 Å². The van der Waals surface area contributed by atoms with Gasteiger partial charge < -0.3 is 13.7 Å². The molecule has 0 radical (unpaired) electrons. The molecule has 0 aliphatic rings. The van der Waals surface area contributed by atoms with Crippen molar-refractivity contribution in [3.63, 3.8) is 0 Å². The highest BCUT2D eigenvalue weighted by atomic mass is 16.5. The minimum absolute atomic E-state index is 0.613. The van der Waals surface area contributed by atoms with Crippen LogP contribution in [-0.2, 0) is 6.54 Å². The average molecular weight is 345 g/mol.